The molecule has 1 aliphatic heterocycles. The number of hydrogen-bond acceptors (Lipinski definition) is 6. The molecule has 0 fully saturated rings. The number of hydrogen-bond donors (Lipinski definition) is 0. The van der Waals surface area contributed by atoms with E-state index < -0.39 is 15.4 Å². The third-order valence-corrected chi connectivity index (χ3v) is 6.52. The van der Waals surface area contributed by atoms with Crippen molar-refractivity contribution in [3.63, 3.8) is 0 Å². The van der Waals surface area contributed by atoms with Gasteiger partial charge in [0, 0.05) is 36.4 Å². The van der Waals surface area contributed by atoms with E-state index in [1.807, 2.05) is 61.9 Å². The quantitative estimate of drug-likeness (QED) is 0.576. The van der Waals surface area contributed by atoms with Crippen molar-refractivity contribution in [2.45, 2.75) is 44.2 Å². The van der Waals surface area contributed by atoms with Crippen molar-refractivity contribution in [2.24, 2.45) is 0 Å². The molecule has 1 aromatic carbocycles. The summed E-state index contributed by atoms with van der Waals surface area (Å²) in [6.07, 6.45) is 5.51. The highest BCUT2D eigenvalue weighted by Gasteiger charge is 2.24. The number of aromatic nitrogens is 3. The maximum atomic E-state index is 12.2. The van der Waals surface area contributed by atoms with Gasteiger partial charge >= 0.3 is 6.09 Å². The van der Waals surface area contributed by atoms with Crippen LogP contribution in [0.4, 0.5) is 4.79 Å². The first kappa shape index (κ1) is 23.0. The van der Waals surface area contributed by atoms with Gasteiger partial charge < -0.3 is 14.2 Å². The second-order valence-electron chi connectivity index (χ2n) is 9.25. The number of benzene rings is 1. The van der Waals surface area contributed by atoms with Gasteiger partial charge in [0.15, 0.2) is 9.84 Å². The van der Waals surface area contributed by atoms with Gasteiger partial charge in [0.05, 0.1) is 22.8 Å². The van der Waals surface area contributed by atoms with Crippen LogP contribution in [0, 0.1) is 0 Å². The Hall–Kier alpha value is -3.20. The topological polar surface area (TPSA) is 94.4 Å². The van der Waals surface area contributed by atoms with Crippen molar-refractivity contribution < 1.29 is 17.9 Å². The molecule has 0 atom stereocenters. The largest absolute Gasteiger partial charge is 0.444 e. The Morgan fingerprint density at radius 3 is 2.52 bits per heavy atom. The number of fused-ring (bicyclic) bond motifs is 1. The molecule has 0 radical (unpaired) electrons. The Balaban J connectivity index is 1.44. The Bertz CT molecular complexity index is 1320. The third-order valence-electron chi connectivity index (χ3n) is 5.41. The molecule has 0 N–H and O–H groups in total. The van der Waals surface area contributed by atoms with Gasteiger partial charge in [-0.25, -0.2) is 13.2 Å². The van der Waals surface area contributed by atoms with Crippen molar-refractivity contribution in [1.82, 2.24) is 19.7 Å². The van der Waals surface area contributed by atoms with Crippen LogP contribution in [-0.4, -0.2) is 59.1 Å². The first-order chi connectivity index (χ1) is 15.5. The maximum absolute atomic E-state index is 12.2. The van der Waals surface area contributed by atoms with Crippen LogP contribution in [0.2, 0.25) is 0 Å². The number of nitrogens with zero attached hydrogens (tertiary/aromatic N) is 4. The van der Waals surface area contributed by atoms with Gasteiger partial charge in [0.2, 0.25) is 0 Å². The molecule has 9 heteroatoms. The molecule has 3 aromatic rings. The lowest BCUT2D eigenvalue weighted by molar-refractivity contribution is 0.0270. The summed E-state index contributed by atoms with van der Waals surface area (Å²) in [5, 5.41) is 9.64. The summed E-state index contributed by atoms with van der Waals surface area (Å²) in [6, 6.07) is 10.9. The first-order valence-corrected chi connectivity index (χ1v) is 12.7. The van der Waals surface area contributed by atoms with E-state index in [1.165, 1.54) is 6.26 Å². The Labute approximate surface area is 193 Å². The lowest BCUT2D eigenvalue weighted by atomic mass is 10.0. The van der Waals surface area contributed by atoms with Gasteiger partial charge in [-0.15, -0.1) is 0 Å². The standard InChI is InChI=1S/C24H28N4O4S/c1-24(2,3)32-23(29)27-12-9-17(10-13-27)21-7-5-19(25-26-21)16-28-14-11-18-15-20(33(4,30)31)6-8-22(18)28/h5-9,11,14-15H,10,12-13,16H2,1-4H3. The third kappa shape index (κ3) is 5.42. The van der Waals surface area contributed by atoms with Crippen LogP contribution in [0.25, 0.3) is 16.5 Å². The number of rotatable bonds is 4. The Morgan fingerprint density at radius 1 is 1.12 bits per heavy atom. The normalized spacial score (nSPS) is 14.9. The smallest absolute Gasteiger partial charge is 0.410 e. The summed E-state index contributed by atoms with van der Waals surface area (Å²) >= 11 is 0. The molecular formula is C24H28N4O4S. The molecule has 0 aliphatic carbocycles. The average molecular weight is 469 g/mol. The van der Waals surface area contributed by atoms with E-state index in [9.17, 15) is 13.2 Å². The maximum Gasteiger partial charge on any atom is 0.410 e. The Kier molecular flexibility index (Phi) is 6.00. The van der Waals surface area contributed by atoms with E-state index in [0.717, 1.165) is 27.9 Å². The van der Waals surface area contributed by atoms with Crippen molar-refractivity contribution in [3.8, 4) is 0 Å². The van der Waals surface area contributed by atoms with Crippen molar-refractivity contribution in [2.75, 3.05) is 19.3 Å². The molecule has 1 amide bonds. The van der Waals surface area contributed by atoms with E-state index >= 15 is 0 Å². The van der Waals surface area contributed by atoms with Crippen molar-refractivity contribution in [1.29, 1.82) is 0 Å². The minimum atomic E-state index is -3.24. The predicted octanol–water partition coefficient (Wildman–Crippen LogP) is 3.91. The van der Waals surface area contributed by atoms with Crippen LogP contribution in [-0.2, 0) is 21.1 Å². The molecule has 0 unspecified atom stereocenters. The highest BCUT2D eigenvalue weighted by atomic mass is 32.2. The second kappa shape index (κ2) is 8.62. The fourth-order valence-electron chi connectivity index (χ4n) is 3.73. The highest BCUT2D eigenvalue weighted by molar-refractivity contribution is 7.90. The van der Waals surface area contributed by atoms with Gasteiger partial charge in [-0.05, 0) is 69.2 Å². The predicted molar refractivity (Wildman–Crippen MR) is 127 cm³/mol. The molecule has 2 aromatic heterocycles. The zero-order valence-corrected chi connectivity index (χ0v) is 20.1. The van der Waals surface area contributed by atoms with Gasteiger partial charge in [0.1, 0.15) is 5.60 Å². The molecule has 0 saturated heterocycles. The summed E-state index contributed by atoms with van der Waals surface area (Å²) in [5.74, 6) is 0. The summed E-state index contributed by atoms with van der Waals surface area (Å²) in [7, 11) is -3.24. The summed E-state index contributed by atoms with van der Waals surface area (Å²) in [5.41, 5.74) is 3.09. The van der Waals surface area contributed by atoms with Crippen LogP contribution in [0.3, 0.4) is 0 Å². The number of ether oxygens (including phenoxy) is 1. The molecule has 0 spiro atoms. The van der Waals surface area contributed by atoms with Gasteiger partial charge in [-0.1, -0.05) is 6.08 Å². The van der Waals surface area contributed by atoms with E-state index in [2.05, 4.69) is 10.2 Å². The van der Waals surface area contributed by atoms with Crippen molar-refractivity contribution in [3.05, 3.63) is 60.1 Å². The molecule has 8 nitrogen and oxygen atoms in total. The van der Waals surface area contributed by atoms with Gasteiger partial charge in [0.25, 0.3) is 0 Å². The SMILES string of the molecule is CC(C)(C)OC(=O)N1CC=C(c2ccc(Cn3ccc4cc(S(C)(=O)=O)ccc43)nn2)CC1. The molecule has 0 bridgehead atoms. The van der Waals surface area contributed by atoms with E-state index in [0.29, 0.717) is 31.0 Å². The number of carbonyl (C=O) groups excluding carboxylic acids is 1. The van der Waals surface area contributed by atoms with Crippen LogP contribution < -0.4 is 0 Å². The molecule has 4 rings (SSSR count). The monoisotopic (exact) mass is 468 g/mol. The number of carbonyl (C=O) groups is 1. The molecule has 3 heterocycles. The molecular weight excluding hydrogens is 440 g/mol. The van der Waals surface area contributed by atoms with Crippen LogP contribution in [0.15, 0.2) is 53.6 Å². The van der Waals surface area contributed by atoms with E-state index in [4.69, 9.17) is 4.74 Å². The number of sulfone groups is 1. The van der Waals surface area contributed by atoms with Crippen LogP contribution in [0.1, 0.15) is 38.6 Å². The minimum absolute atomic E-state index is 0.304. The molecule has 1 aliphatic rings. The summed E-state index contributed by atoms with van der Waals surface area (Å²) in [6.45, 7) is 7.16. The van der Waals surface area contributed by atoms with Crippen molar-refractivity contribution >= 4 is 32.4 Å². The molecule has 174 valence electrons. The van der Waals surface area contributed by atoms with Gasteiger partial charge in [-0.2, -0.15) is 10.2 Å². The Morgan fingerprint density at radius 2 is 1.91 bits per heavy atom. The fraction of sp³-hybridized carbons (Fsp3) is 0.375. The van der Waals surface area contributed by atoms with E-state index in [1.54, 1.807) is 17.0 Å². The lowest BCUT2D eigenvalue weighted by Gasteiger charge is -2.29. The fourth-order valence-corrected chi connectivity index (χ4v) is 4.39. The van der Waals surface area contributed by atoms with Gasteiger partial charge in [-0.3, -0.25) is 0 Å². The summed E-state index contributed by atoms with van der Waals surface area (Å²) in [4.78, 5) is 14.2. The first-order valence-electron chi connectivity index (χ1n) is 10.8. The zero-order valence-electron chi connectivity index (χ0n) is 19.3. The van der Waals surface area contributed by atoms with Crippen LogP contribution >= 0.6 is 0 Å². The molecule has 0 saturated carbocycles. The molecule has 33 heavy (non-hydrogen) atoms. The highest BCUT2D eigenvalue weighted by Crippen LogP contribution is 2.23. The zero-order chi connectivity index (χ0) is 23.8. The van der Waals surface area contributed by atoms with Crippen LogP contribution in [0.5, 0.6) is 0 Å². The van der Waals surface area contributed by atoms with E-state index in [-0.39, 0.29) is 6.09 Å². The minimum Gasteiger partial charge on any atom is -0.444 e. The lowest BCUT2D eigenvalue weighted by Crippen LogP contribution is -2.39. The number of amides is 1. The average Bonchev–Trinajstić information content (AvgIpc) is 3.15. The summed E-state index contributed by atoms with van der Waals surface area (Å²) < 4.78 is 31.0. The second-order valence-corrected chi connectivity index (χ2v) is 11.3.